The van der Waals surface area contributed by atoms with Crippen LogP contribution in [0.5, 0.6) is 11.5 Å². The fraction of sp³-hybridized carbons (Fsp3) is 0. The number of nitrogens with one attached hydrogen (secondary N) is 2. The second kappa shape index (κ2) is 7.56. The highest BCUT2D eigenvalue weighted by molar-refractivity contribution is 6.31. The van der Waals surface area contributed by atoms with Crippen LogP contribution >= 0.6 is 0 Å². The molecule has 1 saturated heterocycles. The standard InChI is InChI=1S/C17H10N4O8/c22-15-12(16(23)19-17(24)18-15)7-9-2-1-3-11(6-9)29-14-5-4-10(20(25)26)8-13(14)21(27)28/h1-8H,(H2,18,19,22,23,24). The summed E-state index contributed by atoms with van der Waals surface area (Å²) in [6.07, 6.45) is 1.20. The Kier molecular flexibility index (Phi) is 4.99. The van der Waals surface area contributed by atoms with Crippen molar-refractivity contribution in [2.45, 2.75) is 0 Å². The summed E-state index contributed by atoms with van der Waals surface area (Å²) in [5.74, 6) is -1.87. The highest BCUT2D eigenvalue weighted by Gasteiger charge is 2.27. The summed E-state index contributed by atoms with van der Waals surface area (Å²) in [6.45, 7) is 0. The molecule has 0 spiro atoms. The molecular weight excluding hydrogens is 388 g/mol. The molecule has 1 aliphatic heterocycles. The van der Waals surface area contributed by atoms with Gasteiger partial charge >= 0.3 is 11.7 Å². The lowest BCUT2D eigenvalue weighted by molar-refractivity contribution is -0.394. The van der Waals surface area contributed by atoms with Crippen molar-refractivity contribution in [2.24, 2.45) is 0 Å². The lowest BCUT2D eigenvalue weighted by Gasteiger charge is -2.14. The van der Waals surface area contributed by atoms with Gasteiger partial charge in [-0.2, -0.15) is 0 Å². The topological polar surface area (TPSA) is 171 Å². The van der Waals surface area contributed by atoms with Crippen molar-refractivity contribution in [1.29, 1.82) is 0 Å². The Morgan fingerprint density at radius 2 is 1.59 bits per heavy atom. The summed E-state index contributed by atoms with van der Waals surface area (Å²) < 4.78 is 5.46. The maximum Gasteiger partial charge on any atom is 0.328 e. The first-order valence-corrected chi connectivity index (χ1v) is 7.83. The average Bonchev–Trinajstić information content (AvgIpc) is 2.65. The molecule has 1 heterocycles. The Morgan fingerprint density at radius 1 is 0.897 bits per heavy atom. The fourth-order valence-corrected chi connectivity index (χ4v) is 2.42. The minimum atomic E-state index is -0.931. The van der Waals surface area contributed by atoms with Crippen LogP contribution in [-0.4, -0.2) is 27.7 Å². The molecular formula is C17H10N4O8. The second-order valence-electron chi connectivity index (χ2n) is 5.64. The van der Waals surface area contributed by atoms with Crippen molar-refractivity contribution in [3.8, 4) is 11.5 Å². The second-order valence-corrected chi connectivity index (χ2v) is 5.64. The summed E-state index contributed by atoms with van der Waals surface area (Å²) in [6, 6.07) is 7.86. The largest absolute Gasteiger partial charge is 0.450 e. The Hall–Kier alpha value is -4.61. The number of non-ortho nitro benzene ring substituents is 1. The lowest BCUT2D eigenvalue weighted by Crippen LogP contribution is -2.51. The van der Waals surface area contributed by atoms with Gasteiger partial charge in [-0.1, -0.05) is 12.1 Å². The molecule has 3 rings (SSSR count). The van der Waals surface area contributed by atoms with Crippen molar-refractivity contribution < 1.29 is 29.0 Å². The van der Waals surface area contributed by atoms with E-state index in [0.29, 0.717) is 5.56 Å². The first kappa shape index (κ1) is 19.2. The van der Waals surface area contributed by atoms with Crippen LogP contribution in [0.2, 0.25) is 0 Å². The number of rotatable bonds is 5. The molecule has 29 heavy (non-hydrogen) atoms. The number of nitro benzene ring substituents is 2. The average molecular weight is 398 g/mol. The molecule has 0 aromatic heterocycles. The van der Waals surface area contributed by atoms with Crippen LogP contribution in [0.3, 0.4) is 0 Å². The summed E-state index contributed by atoms with van der Waals surface area (Å²) in [7, 11) is 0. The predicted molar refractivity (Wildman–Crippen MR) is 95.9 cm³/mol. The van der Waals surface area contributed by atoms with Gasteiger partial charge in [0.2, 0.25) is 5.75 Å². The molecule has 0 radical (unpaired) electrons. The summed E-state index contributed by atoms with van der Waals surface area (Å²) >= 11 is 0. The first-order chi connectivity index (χ1) is 13.7. The van der Waals surface area contributed by atoms with Gasteiger partial charge in [-0.15, -0.1) is 0 Å². The summed E-state index contributed by atoms with van der Waals surface area (Å²) in [5.41, 5.74) is -1.05. The quantitative estimate of drug-likeness (QED) is 0.333. The van der Waals surface area contributed by atoms with Gasteiger partial charge in [0.25, 0.3) is 17.5 Å². The number of benzene rings is 2. The number of ether oxygens (including phenoxy) is 1. The Balaban J connectivity index is 1.91. The Morgan fingerprint density at radius 3 is 2.21 bits per heavy atom. The van der Waals surface area contributed by atoms with E-state index < -0.39 is 39.1 Å². The van der Waals surface area contributed by atoms with Crippen LogP contribution < -0.4 is 15.4 Å². The van der Waals surface area contributed by atoms with Crippen molar-refractivity contribution >= 4 is 35.3 Å². The van der Waals surface area contributed by atoms with Gasteiger partial charge in [0.1, 0.15) is 11.3 Å². The van der Waals surface area contributed by atoms with E-state index in [-0.39, 0.29) is 17.1 Å². The van der Waals surface area contributed by atoms with E-state index in [1.807, 2.05) is 10.6 Å². The van der Waals surface area contributed by atoms with Crippen LogP contribution in [0.25, 0.3) is 6.08 Å². The molecule has 0 aliphatic carbocycles. The molecule has 12 heteroatoms. The maximum absolute atomic E-state index is 11.8. The Bertz CT molecular complexity index is 1090. The summed E-state index contributed by atoms with van der Waals surface area (Å²) in [4.78, 5) is 55.1. The normalized spacial score (nSPS) is 13.4. The Labute approximate surface area is 161 Å². The van der Waals surface area contributed by atoms with E-state index in [4.69, 9.17) is 4.74 Å². The van der Waals surface area contributed by atoms with Crippen molar-refractivity contribution in [3.05, 3.63) is 73.8 Å². The van der Waals surface area contributed by atoms with Crippen LogP contribution in [0, 0.1) is 20.2 Å². The smallest absolute Gasteiger partial charge is 0.328 e. The highest BCUT2D eigenvalue weighted by Crippen LogP contribution is 2.34. The van der Waals surface area contributed by atoms with Crippen molar-refractivity contribution in [1.82, 2.24) is 10.6 Å². The molecule has 12 nitrogen and oxygen atoms in total. The van der Waals surface area contributed by atoms with E-state index >= 15 is 0 Å². The van der Waals surface area contributed by atoms with Gasteiger partial charge in [0.05, 0.1) is 15.9 Å². The highest BCUT2D eigenvalue weighted by atomic mass is 16.6. The number of carbonyl (C=O) groups is 3. The van der Waals surface area contributed by atoms with Crippen LogP contribution in [0.15, 0.2) is 48.0 Å². The third kappa shape index (κ3) is 4.21. The first-order valence-electron chi connectivity index (χ1n) is 7.83. The van der Waals surface area contributed by atoms with Crippen LogP contribution in [0.4, 0.5) is 16.2 Å². The summed E-state index contributed by atoms with van der Waals surface area (Å²) in [5, 5.41) is 25.9. The molecule has 2 N–H and O–H groups in total. The SMILES string of the molecule is O=C1NC(=O)C(=Cc2cccc(Oc3ccc([N+](=O)[O-])cc3[N+](=O)[O-])c2)C(=O)N1. The molecule has 1 fully saturated rings. The van der Waals surface area contributed by atoms with Gasteiger partial charge in [-0.3, -0.25) is 40.5 Å². The van der Waals surface area contributed by atoms with Gasteiger partial charge in [-0.05, 0) is 29.8 Å². The van der Waals surface area contributed by atoms with E-state index in [9.17, 15) is 34.6 Å². The zero-order valence-electron chi connectivity index (χ0n) is 14.3. The molecule has 0 atom stereocenters. The molecule has 1 aliphatic rings. The number of barbiturate groups is 1. The van der Waals surface area contributed by atoms with Gasteiger partial charge in [0, 0.05) is 6.07 Å². The molecule has 0 unspecified atom stereocenters. The van der Waals surface area contributed by atoms with E-state index in [0.717, 1.165) is 18.2 Å². The zero-order valence-corrected chi connectivity index (χ0v) is 14.3. The maximum atomic E-state index is 11.8. The number of amides is 4. The molecule has 2 aromatic rings. The third-order valence-corrected chi connectivity index (χ3v) is 3.69. The van der Waals surface area contributed by atoms with Gasteiger partial charge < -0.3 is 4.74 Å². The number of urea groups is 1. The number of nitrogens with zero attached hydrogens (tertiary/aromatic N) is 2. The predicted octanol–water partition coefficient (Wildman–Crippen LogP) is 2.04. The fourth-order valence-electron chi connectivity index (χ4n) is 2.42. The monoisotopic (exact) mass is 398 g/mol. The van der Waals surface area contributed by atoms with E-state index in [2.05, 4.69) is 0 Å². The van der Waals surface area contributed by atoms with Crippen LogP contribution in [0.1, 0.15) is 5.56 Å². The van der Waals surface area contributed by atoms with Crippen LogP contribution in [-0.2, 0) is 9.59 Å². The molecule has 4 amide bonds. The molecule has 146 valence electrons. The number of hydrogen-bond donors (Lipinski definition) is 2. The molecule has 0 bridgehead atoms. The number of hydrogen-bond acceptors (Lipinski definition) is 8. The van der Waals surface area contributed by atoms with Crippen molar-refractivity contribution in [3.63, 3.8) is 0 Å². The van der Waals surface area contributed by atoms with Crippen molar-refractivity contribution in [2.75, 3.05) is 0 Å². The van der Waals surface area contributed by atoms with E-state index in [1.54, 1.807) is 0 Å². The van der Waals surface area contributed by atoms with E-state index in [1.165, 1.54) is 30.3 Å². The van der Waals surface area contributed by atoms with Gasteiger partial charge in [-0.25, -0.2) is 4.79 Å². The zero-order chi connectivity index (χ0) is 21.1. The van der Waals surface area contributed by atoms with Gasteiger partial charge in [0.15, 0.2) is 0 Å². The number of nitro groups is 2. The number of carbonyl (C=O) groups excluding carboxylic acids is 3. The molecule has 0 saturated carbocycles. The number of imide groups is 2. The molecule has 2 aromatic carbocycles. The minimum absolute atomic E-state index is 0.115. The lowest BCUT2D eigenvalue weighted by atomic mass is 10.1. The third-order valence-electron chi connectivity index (χ3n) is 3.69. The minimum Gasteiger partial charge on any atom is -0.450 e.